The molecule has 1 rings (SSSR count). The Morgan fingerprint density at radius 2 is 1.92 bits per heavy atom. The summed E-state index contributed by atoms with van der Waals surface area (Å²) in [6, 6.07) is 1.17. The van der Waals surface area contributed by atoms with Gasteiger partial charge in [0.05, 0.1) is 0 Å². The molecule has 0 aromatic rings. The first kappa shape index (κ1) is 11.2. The first-order valence-electron chi connectivity index (χ1n) is 5.31. The van der Waals surface area contributed by atoms with Crippen molar-refractivity contribution in [2.45, 2.75) is 38.7 Å². The van der Waals surface area contributed by atoms with E-state index in [0.717, 1.165) is 11.8 Å². The Bertz CT molecular complexity index is 133. The third-order valence-corrected chi connectivity index (χ3v) is 5.13. The summed E-state index contributed by atoms with van der Waals surface area (Å²) < 4.78 is 10.6. The Labute approximate surface area is 83.5 Å². The molecule has 1 fully saturated rings. The molecule has 0 amide bonds. The fraction of sp³-hybridized carbons (Fsp3) is 1.00. The maximum atomic E-state index is 5.31. The molecule has 1 aliphatic carbocycles. The van der Waals surface area contributed by atoms with Crippen molar-refractivity contribution in [3.63, 3.8) is 0 Å². The van der Waals surface area contributed by atoms with E-state index in [4.69, 9.17) is 8.85 Å². The van der Waals surface area contributed by atoms with Gasteiger partial charge in [0, 0.05) is 14.2 Å². The van der Waals surface area contributed by atoms with Crippen LogP contribution in [0.3, 0.4) is 0 Å². The SMILES string of the molecule is CO[SiH](CC(C)CCC1CC1)OC. The van der Waals surface area contributed by atoms with E-state index in [9.17, 15) is 0 Å². The van der Waals surface area contributed by atoms with Gasteiger partial charge >= 0.3 is 9.28 Å². The molecule has 3 heteroatoms. The van der Waals surface area contributed by atoms with Crippen molar-refractivity contribution in [3.05, 3.63) is 0 Å². The van der Waals surface area contributed by atoms with Gasteiger partial charge < -0.3 is 8.85 Å². The van der Waals surface area contributed by atoms with Crippen LogP contribution in [-0.4, -0.2) is 23.5 Å². The zero-order valence-electron chi connectivity index (χ0n) is 9.08. The minimum absolute atomic E-state index is 0.789. The highest BCUT2D eigenvalue weighted by molar-refractivity contribution is 6.44. The molecule has 1 atom stereocenters. The summed E-state index contributed by atoms with van der Waals surface area (Å²) in [7, 11) is 2.25. The largest absolute Gasteiger partial charge is 0.400 e. The first-order valence-corrected chi connectivity index (χ1v) is 7.07. The molecule has 0 radical (unpaired) electrons. The molecular formula is C10H22O2Si. The Kier molecular flexibility index (Phi) is 4.99. The van der Waals surface area contributed by atoms with Crippen molar-refractivity contribution >= 4 is 9.28 Å². The van der Waals surface area contributed by atoms with Crippen LogP contribution in [-0.2, 0) is 8.85 Å². The Morgan fingerprint density at radius 3 is 2.38 bits per heavy atom. The van der Waals surface area contributed by atoms with Crippen LogP contribution in [0, 0.1) is 11.8 Å². The lowest BCUT2D eigenvalue weighted by atomic mass is 10.1. The second-order valence-electron chi connectivity index (χ2n) is 4.26. The van der Waals surface area contributed by atoms with Gasteiger partial charge in [0.1, 0.15) is 0 Å². The van der Waals surface area contributed by atoms with Crippen LogP contribution in [0.4, 0.5) is 0 Å². The summed E-state index contributed by atoms with van der Waals surface area (Å²) in [5.74, 6) is 1.85. The number of rotatable bonds is 7. The van der Waals surface area contributed by atoms with E-state index in [1.807, 2.05) is 0 Å². The monoisotopic (exact) mass is 202 g/mol. The maximum absolute atomic E-state index is 5.31. The maximum Gasteiger partial charge on any atom is 0.321 e. The van der Waals surface area contributed by atoms with Crippen LogP contribution in [0.1, 0.15) is 32.6 Å². The summed E-state index contributed by atoms with van der Waals surface area (Å²) >= 11 is 0. The molecule has 0 spiro atoms. The van der Waals surface area contributed by atoms with Crippen molar-refractivity contribution in [2.75, 3.05) is 14.2 Å². The van der Waals surface area contributed by atoms with Gasteiger partial charge in [-0.3, -0.25) is 0 Å². The van der Waals surface area contributed by atoms with Crippen molar-refractivity contribution in [1.29, 1.82) is 0 Å². The molecule has 0 heterocycles. The van der Waals surface area contributed by atoms with Crippen LogP contribution in [0.15, 0.2) is 0 Å². The van der Waals surface area contributed by atoms with Crippen LogP contribution in [0.5, 0.6) is 0 Å². The minimum atomic E-state index is -1.29. The number of hydrogen-bond donors (Lipinski definition) is 0. The van der Waals surface area contributed by atoms with Gasteiger partial charge in [-0.05, 0) is 17.9 Å². The molecule has 0 bridgehead atoms. The average molecular weight is 202 g/mol. The lowest BCUT2D eigenvalue weighted by Crippen LogP contribution is -2.21. The van der Waals surface area contributed by atoms with Gasteiger partial charge in [-0.2, -0.15) is 0 Å². The molecule has 13 heavy (non-hydrogen) atoms. The Balaban J connectivity index is 2.03. The summed E-state index contributed by atoms with van der Waals surface area (Å²) in [5, 5.41) is 0. The third-order valence-electron chi connectivity index (χ3n) is 2.89. The summed E-state index contributed by atoms with van der Waals surface area (Å²) in [6.45, 7) is 2.32. The normalized spacial score (nSPS) is 19.4. The molecule has 0 aromatic carbocycles. The van der Waals surface area contributed by atoms with Crippen LogP contribution < -0.4 is 0 Å². The standard InChI is InChI=1S/C10H22O2Si/c1-9(4-5-10-6-7-10)8-13(11-2)12-3/h9-10,13H,4-8H2,1-3H3. The lowest BCUT2D eigenvalue weighted by Gasteiger charge is -2.16. The van der Waals surface area contributed by atoms with Crippen LogP contribution in [0.25, 0.3) is 0 Å². The Morgan fingerprint density at radius 1 is 1.31 bits per heavy atom. The molecule has 0 aromatic heterocycles. The zero-order chi connectivity index (χ0) is 9.68. The molecule has 0 saturated heterocycles. The fourth-order valence-corrected chi connectivity index (χ4v) is 3.13. The van der Waals surface area contributed by atoms with E-state index < -0.39 is 9.28 Å². The smallest absolute Gasteiger partial charge is 0.321 e. The predicted octanol–water partition coefficient (Wildman–Crippen LogP) is 2.33. The Hall–Kier alpha value is 0.137. The van der Waals surface area contributed by atoms with Gasteiger partial charge in [-0.25, -0.2) is 0 Å². The molecule has 1 saturated carbocycles. The van der Waals surface area contributed by atoms with Gasteiger partial charge in [0.15, 0.2) is 0 Å². The number of hydrogen-bond acceptors (Lipinski definition) is 2. The van der Waals surface area contributed by atoms with Gasteiger partial charge in [0.2, 0.25) is 0 Å². The van der Waals surface area contributed by atoms with Gasteiger partial charge in [-0.1, -0.05) is 32.6 Å². The molecule has 78 valence electrons. The van der Waals surface area contributed by atoms with Crippen LogP contribution >= 0.6 is 0 Å². The first-order chi connectivity index (χ1) is 6.26. The second kappa shape index (κ2) is 5.78. The topological polar surface area (TPSA) is 18.5 Å². The summed E-state index contributed by atoms with van der Waals surface area (Å²) in [6.07, 6.45) is 5.74. The van der Waals surface area contributed by atoms with Gasteiger partial charge in [-0.15, -0.1) is 0 Å². The highest BCUT2D eigenvalue weighted by atomic mass is 28.3. The molecule has 1 unspecified atom stereocenters. The van der Waals surface area contributed by atoms with Crippen molar-refractivity contribution < 1.29 is 8.85 Å². The van der Waals surface area contributed by atoms with E-state index >= 15 is 0 Å². The fourth-order valence-electron chi connectivity index (χ4n) is 1.66. The predicted molar refractivity (Wildman–Crippen MR) is 57.1 cm³/mol. The minimum Gasteiger partial charge on any atom is -0.400 e. The highest BCUT2D eigenvalue weighted by Crippen LogP contribution is 2.35. The quantitative estimate of drug-likeness (QED) is 0.590. The summed E-state index contributed by atoms with van der Waals surface area (Å²) in [4.78, 5) is 0. The molecule has 0 aliphatic heterocycles. The molecular weight excluding hydrogens is 180 g/mol. The third kappa shape index (κ3) is 4.79. The molecule has 0 N–H and O–H groups in total. The van der Waals surface area contributed by atoms with Crippen LogP contribution in [0.2, 0.25) is 6.04 Å². The van der Waals surface area contributed by atoms with E-state index in [1.165, 1.54) is 31.7 Å². The van der Waals surface area contributed by atoms with Crippen molar-refractivity contribution in [1.82, 2.24) is 0 Å². The van der Waals surface area contributed by atoms with Gasteiger partial charge in [0.25, 0.3) is 0 Å². The van der Waals surface area contributed by atoms with E-state index in [0.29, 0.717) is 0 Å². The van der Waals surface area contributed by atoms with E-state index in [-0.39, 0.29) is 0 Å². The lowest BCUT2D eigenvalue weighted by molar-refractivity contribution is 0.269. The average Bonchev–Trinajstić information content (AvgIpc) is 2.94. The molecule has 2 nitrogen and oxygen atoms in total. The zero-order valence-corrected chi connectivity index (χ0v) is 10.2. The molecule has 1 aliphatic rings. The highest BCUT2D eigenvalue weighted by Gasteiger charge is 2.22. The summed E-state index contributed by atoms with van der Waals surface area (Å²) in [5.41, 5.74) is 0. The van der Waals surface area contributed by atoms with Crippen molar-refractivity contribution in [2.24, 2.45) is 11.8 Å². The van der Waals surface area contributed by atoms with E-state index in [1.54, 1.807) is 14.2 Å². The van der Waals surface area contributed by atoms with E-state index in [2.05, 4.69) is 6.92 Å². The second-order valence-corrected chi connectivity index (χ2v) is 6.54. The van der Waals surface area contributed by atoms with Crippen molar-refractivity contribution in [3.8, 4) is 0 Å².